The Hall–Kier alpha value is -1.24. The Morgan fingerprint density at radius 2 is 2.14 bits per heavy atom. The van der Waals surface area contributed by atoms with E-state index in [0.29, 0.717) is 6.54 Å². The maximum absolute atomic E-state index is 10.7. The van der Waals surface area contributed by atoms with E-state index in [4.69, 9.17) is 4.74 Å². The number of ether oxygens (including phenoxy) is 1. The van der Waals surface area contributed by atoms with E-state index in [2.05, 4.69) is 17.5 Å². The molecule has 3 rings (SSSR count). The Morgan fingerprint density at radius 1 is 1.36 bits per heavy atom. The van der Waals surface area contributed by atoms with Crippen LogP contribution in [0.3, 0.4) is 0 Å². The number of β-amino-alcohol motifs (C(OH)–C–C–N with tert-alkyl or cyclic N) is 1. The van der Waals surface area contributed by atoms with Crippen LogP contribution in [0.25, 0.3) is 0 Å². The highest BCUT2D eigenvalue weighted by molar-refractivity contribution is 7.80. The summed E-state index contributed by atoms with van der Waals surface area (Å²) in [5, 5.41) is 10.5. The molecule has 1 saturated heterocycles. The third-order valence-electron chi connectivity index (χ3n) is 4.45. The maximum atomic E-state index is 10.7. The second-order valence-electron chi connectivity index (χ2n) is 6.00. The van der Waals surface area contributed by atoms with E-state index in [1.54, 1.807) is 4.90 Å². The van der Waals surface area contributed by atoms with Crippen LogP contribution in [0.4, 0.5) is 0 Å². The Balaban J connectivity index is 1.54. The number of carbonyl (C=O) groups excluding carboxylic acids is 1. The molecule has 2 aliphatic rings. The Bertz CT molecular complexity index is 532. The summed E-state index contributed by atoms with van der Waals surface area (Å²) < 4.78 is 5.96. The third kappa shape index (κ3) is 3.56. The molecule has 0 saturated carbocycles. The van der Waals surface area contributed by atoms with Gasteiger partial charge in [-0.1, -0.05) is 0 Å². The van der Waals surface area contributed by atoms with Gasteiger partial charge in [0.1, 0.15) is 18.0 Å². The smallest absolute Gasteiger partial charge is 0.209 e. The van der Waals surface area contributed by atoms with E-state index >= 15 is 0 Å². The number of rotatable bonds is 4. The number of nitrogens with zero attached hydrogens (tertiary/aromatic N) is 2. The Morgan fingerprint density at radius 3 is 2.86 bits per heavy atom. The van der Waals surface area contributed by atoms with E-state index in [0.717, 1.165) is 61.6 Å². The standard InChI is InChI=1S/C16H22N2O3S/c19-11-18-7-5-17(6-8-18)10-14(20)16-3-1-12-9-13(22)2-4-15(12)21-16/h2,4,9,11,14,16,20,22H,1,3,5-8,10H2. The third-order valence-corrected chi connectivity index (χ3v) is 4.73. The highest BCUT2D eigenvalue weighted by Gasteiger charge is 2.28. The number of carbonyl (C=O) groups is 1. The van der Waals surface area contributed by atoms with Crippen LogP contribution in [-0.4, -0.2) is 66.2 Å². The van der Waals surface area contributed by atoms with Gasteiger partial charge in [0.15, 0.2) is 0 Å². The number of amides is 1. The monoisotopic (exact) mass is 322 g/mol. The zero-order valence-electron chi connectivity index (χ0n) is 12.5. The molecule has 0 aromatic heterocycles. The molecule has 2 aliphatic heterocycles. The number of hydrogen-bond acceptors (Lipinski definition) is 5. The van der Waals surface area contributed by atoms with Crippen molar-refractivity contribution in [3.05, 3.63) is 23.8 Å². The number of aliphatic hydroxyl groups is 1. The molecule has 5 nitrogen and oxygen atoms in total. The molecule has 0 spiro atoms. The zero-order valence-corrected chi connectivity index (χ0v) is 13.4. The van der Waals surface area contributed by atoms with Crippen LogP contribution in [0.5, 0.6) is 5.75 Å². The first-order valence-electron chi connectivity index (χ1n) is 7.74. The molecular weight excluding hydrogens is 300 g/mol. The van der Waals surface area contributed by atoms with Crippen molar-refractivity contribution in [1.82, 2.24) is 9.80 Å². The molecule has 2 unspecified atom stereocenters. The van der Waals surface area contributed by atoms with Crippen LogP contribution in [0, 0.1) is 0 Å². The number of thiol groups is 1. The van der Waals surface area contributed by atoms with Crippen LogP contribution < -0.4 is 4.74 Å². The molecular formula is C16H22N2O3S. The first-order chi connectivity index (χ1) is 10.7. The lowest BCUT2D eigenvalue weighted by atomic mass is 9.98. The van der Waals surface area contributed by atoms with Crippen molar-refractivity contribution in [3.8, 4) is 5.75 Å². The van der Waals surface area contributed by atoms with Gasteiger partial charge in [0.05, 0.1) is 0 Å². The first kappa shape index (κ1) is 15.6. The SMILES string of the molecule is O=CN1CCN(CC(O)C2CCc3cc(S)ccc3O2)CC1. The number of benzene rings is 1. The summed E-state index contributed by atoms with van der Waals surface area (Å²) in [6.07, 6.45) is 1.95. The molecule has 0 radical (unpaired) electrons. The fourth-order valence-electron chi connectivity index (χ4n) is 3.10. The molecule has 120 valence electrons. The molecule has 2 atom stereocenters. The number of hydrogen-bond donors (Lipinski definition) is 2. The topological polar surface area (TPSA) is 53.0 Å². The van der Waals surface area contributed by atoms with Gasteiger partial charge in [0, 0.05) is 37.6 Å². The minimum absolute atomic E-state index is 0.164. The van der Waals surface area contributed by atoms with Gasteiger partial charge in [-0.15, -0.1) is 12.6 Å². The normalized spacial score (nSPS) is 23.5. The molecule has 0 aliphatic carbocycles. The summed E-state index contributed by atoms with van der Waals surface area (Å²) in [6, 6.07) is 5.87. The fourth-order valence-corrected chi connectivity index (χ4v) is 3.33. The second kappa shape index (κ2) is 6.89. The highest BCUT2D eigenvalue weighted by atomic mass is 32.1. The largest absolute Gasteiger partial charge is 0.487 e. The highest BCUT2D eigenvalue weighted by Crippen LogP contribution is 2.30. The minimum Gasteiger partial charge on any atom is -0.487 e. The van der Waals surface area contributed by atoms with Gasteiger partial charge < -0.3 is 14.7 Å². The van der Waals surface area contributed by atoms with Crippen molar-refractivity contribution in [1.29, 1.82) is 0 Å². The molecule has 6 heteroatoms. The van der Waals surface area contributed by atoms with Gasteiger partial charge in [-0.2, -0.15) is 0 Å². The number of aliphatic hydroxyl groups excluding tert-OH is 1. The second-order valence-corrected chi connectivity index (χ2v) is 6.51. The van der Waals surface area contributed by atoms with Gasteiger partial charge in [0.2, 0.25) is 6.41 Å². The summed E-state index contributed by atoms with van der Waals surface area (Å²) in [5.74, 6) is 0.860. The van der Waals surface area contributed by atoms with Crippen molar-refractivity contribution in [2.24, 2.45) is 0 Å². The van der Waals surface area contributed by atoms with Crippen LogP contribution in [0.2, 0.25) is 0 Å². The van der Waals surface area contributed by atoms with Crippen molar-refractivity contribution < 1.29 is 14.6 Å². The molecule has 1 amide bonds. The lowest BCUT2D eigenvalue weighted by Gasteiger charge is -2.36. The molecule has 1 fully saturated rings. The van der Waals surface area contributed by atoms with E-state index in [-0.39, 0.29) is 6.10 Å². The summed E-state index contributed by atoms with van der Waals surface area (Å²) >= 11 is 4.34. The molecule has 1 N–H and O–H groups in total. The average molecular weight is 322 g/mol. The molecule has 22 heavy (non-hydrogen) atoms. The van der Waals surface area contributed by atoms with E-state index in [9.17, 15) is 9.90 Å². The number of piperazine rings is 1. The van der Waals surface area contributed by atoms with Crippen LogP contribution in [0.15, 0.2) is 23.1 Å². The fraction of sp³-hybridized carbons (Fsp3) is 0.562. The van der Waals surface area contributed by atoms with E-state index in [1.165, 1.54) is 0 Å². The molecule has 0 bridgehead atoms. The summed E-state index contributed by atoms with van der Waals surface area (Å²) in [6.45, 7) is 3.67. The average Bonchev–Trinajstić information content (AvgIpc) is 2.55. The van der Waals surface area contributed by atoms with Crippen LogP contribution in [-0.2, 0) is 11.2 Å². The van der Waals surface area contributed by atoms with Crippen molar-refractivity contribution in [3.63, 3.8) is 0 Å². The predicted octanol–water partition coefficient (Wildman–Crippen LogP) is 0.804. The molecule has 2 heterocycles. The van der Waals surface area contributed by atoms with Gasteiger partial charge in [0.25, 0.3) is 0 Å². The van der Waals surface area contributed by atoms with E-state index < -0.39 is 6.10 Å². The van der Waals surface area contributed by atoms with Crippen molar-refractivity contribution >= 4 is 19.0 Å². The lowest BCUT2D eigenvalue weighted by Crippen LogP contribution is -2.50. The zero-order chi connectivity index (χ0) is 15.5. The quantitative estimate of drug-likeness (QED) is 0.636. The van der Waals surface area contributed by atoms with Crippen LogP contribution >= 0.6 is 12.6 Å². The van der Waals surface area contributed by atoms with Crippen molar-refractivity contribution in [2.75, 3.05) is 32.7 Å². The minimum atomic E-state index is -0.508. The van der Waals surface area contributed by atoms with Gasteiger partial charge in [-0.25, -0.2) is 0 Å². The summed E-state index contributed by atoms with van der Waals surface area (Å²) in [4.78, 5) is 15.6. The Labute approximate surface area is 136 Å². The van der Waals surface area contributed by atoms with Gasteiger partial charge in [-0.3, -0.25) is 9.69 Å². The van der Waals surface area contributed by atoms with E-state index in [1.807, 2.05) is 18.2 Å². The summed E-state index contributed by atoms with van der Waals surface area (Å²) in [5.41, 5.74) is 1.16. The first-order valence-corrected chi connectivity index (χ1v) is 8.19. The van der Waals surface area contributed by atoms with Crippen LogP contribution in [0.1, 0.15) is 12.0 Å². The predicted molar refractivity (Wildman–Crippen MR) is 86.5 cm³/mol. The molecule has 1 aromatic rings. The number of fused-ring (bicyclic) bond motifs is 1. The van der Waals surface area contributed by atoms with Crippen molar-refractivity contribution in [2.45, 2.75) is 29.9 Å². The molecule has 1 aromatic carbocycles. The Kier molecular flexibility index (Phi) is 4.90. The maximum Gasteiger partial charge on any atom is 0.209 e. The van der Waals surface area contributed by atoms with Gasteiger partial charge >= 0.3 is 0 Å². The van der Waals surface area contributed by atoms with Gasteiger partial charge in [-0.05, 0) is 36.6 Å². The lowest BCUT2D eigenvalue weighted by molar-refractivity contribution is -0.120. The summed E-state index contributed by atoms with van der Waals surface area (Å²) in [7, 11) is 0. The number of aryl methyl sites for hydroxylation is 1.